The van der Waals surface area contributed by atoms with Crippen LogP contribution in [-0.4, -0.2) is 47.7 Å². The van der Waals surface area contributed by atoms with Gasteiger partial charge in [-0.1, -0.05) is 48.5 Å². The highest BCUT2D eigenvalue weighted by Crippen LogP contribution is 2.44. The van der Waals surface area contributed by atoms with Gasteiger partial charge in [0.05, 0.1) is 5.92 Å². The van der Waals surface area contributed by atoms with Crippen LogP contribution in [0, 0.1) is 5.92 Å². The Morgan fingerprint density at radius 2 is 1.54 bits per heavy atom. The summed E-state index contributed by atoms with van der Waals surface area (Å²) in [5.41, 5.74) is 5.59. The van der Waals surface area contributed by atoms with Gasteiger partial charge in [0.25, 0.3) is 5.91 Å². The van der Waals surface area contributed by atoms with Crippen LogP contribution in [0.5, 0.6) is 0 Å². The van der Waals surface area contributed by atoms with E-state index in [1.807, 2.05) is 24.3 Å². The summed E-state index contributed by atoms with van der Waals surface area (Å²) in [7, 11) is 0. The molecule has 2 N–H and O–H groups in total. The minimum Gasteiger partial charge on any atom is -0.481 e. The van der Waals surface area contributed by atoms with E-state index in [0.717, 1.165) is 11.1 Å². The number of ether oxygens (including phenoxy) is 1. The number of aliphatic carboxylic acids is 1. The number of hydrogen-bond acceptors (Lipinski definition) is 4. The lowest BCUT2D eigenvalue weighted by atomic mass is 9.97. The van der Waals surface area contributed by atoms with E-state index in [4.69, 9.17) is 4.74 Å². The molecule has 1 atom stereocenters. The molecule has 35 heavy (non-hydrogen) atoms. The van der Waals surface area contributed by atoms with Gasteiger partial charge >= 0.3 is 12.1 Å². The number of benzene rings is 3. The molecule has 1 fully saturated rings. The Morgan fingerprint density at radius 3 is 2.17 bits per heavy atom. The molecule has 1 saturated heterocycles. The van der Waals surface area contributed by atoms with Gasteiger partial charge in [-0.3, -0.25) is 14.9 Å². The number of piperidine rings is 1. The molecular formula is C28H26N2O5. The number of nitrogens with zero attached hydrogens (tertiary/aromatic N) is 1. The fraction of sp³-hybridized carbons (Fsp3) is 0.250. The largest absolute Gasteiger partial charge is 0.481 e. The Hall–Kier alpha value is -4.13. The highest BCUT2D eigenvalue weighted by atomic mass is 16.5. The molecule has 0 bridgehead atoms. The summed E-state index contributed by atoms with van der Waals surface area (Å²) >= 11 is 0. The average Bonchev–Trinajstić information content (AvgIpc) is 3.21. The van der Waals surface area contributed by atoms with Crippen molar-refractivity contribution in [2.45, 2.75) is 18.8 Å². The minimum atomic E-state index is -0.870. The van der Waals surface area contributed by atoms with Crippen LogP contribution in [0.25, 0.3) is 11.1 Å². The van der Waals surface area contributed by atoms with Gasteiger partial charge in [-0.2, -0.15) is 0 Å². The van der Waals surface area contributed by atoms with Crippen LogP contribution in [0.1, 0.15) is 40.2 Å². The average molecular weight is 471 g/mol. The Kier molecular flexibility index (Phi) is 6.23. The first-order valence-electron chi connectivity index (χ1n) is 11.8. The van der Waals surface area contributed by atoms with E-state index in [-0.39, 0.29) is 25.0 Å². The van der Waals surface area contributed by atoms with Crippen LogP contribution < -0.4 is 5.32 Å². The molecule has 1 heterocycles. The lowest BCUT2D eigenvalue weighted by Crippen LogP contribution is -2.42. The quantitative estimate of drug-likeness (QED) is 0.548. The summed E-state index contributed by atoms with van der Waals surface area (Å²) in [6, 6.07) is 22.9. The van der Waals surface area contributed by atoms with Crippen LogP contribution in [0.2, 0.25) is 0 Å². The van der Waals surface area contributed by atoms with Crippen LogP contribution >= 0.6 is 0 Å². The highest BCUT2D eigenvalue weighted by Gasteiger charge is 2.30. The first kappa shape index (κ1) is 22.7. The smallest absolute Gasteiger partial charge is 0.411 e. The highest BCUT2D eigenvalue weighted by molar-refractivity contribution is 5.95. The maximum atomic E-state index is 12.8. The van der Waals surface area contributed by atoms with Gasteiger partial charge in [0.2, 0.25) is 0 Å². The molecule has 3 aromatic rings. The van der Waals surface area contributed by atoms with Gasteiger partial charge in [0, 0.05) is 30.3 Å². The minimum absolute atomic E-state index is 0.0210. The standard InChI is InChI=1S/C28H26N2O5/c31-26(30-15-5-6-19(16-30)27(32)33)18-11-13-20(14-12-18)29-28(34)35-17-25-23-9-3-1-7-21(23)22-8-2-4-10-24(22)25/h1-4,7-14,19,25H,5-6,15-17H2,(H,29,34)(H,32,33)/t19-/m0/s1. The number of hydrogen-bond donors (Lipinski definition) is 2. The zero-order chi connectivity index (χ0) is 24.4. The molecule has 0 aromatic heterocycles. The number of anilines is 1. The fourth-order valence-corrected chi connectivity index (χ4v) is 4.99. The number of fused-ring (bicyclic) bond motifs is 3. The van der Waals surface area contributed by atoms with Crippen molar-refractivity contribution in [3.63, 3.8) is 0 Å². The number of carboxylic acids is 1. The van der Waals surface area contributed by atoms with Crippen molar-refractivity contribution in [1.29, 1.82) is 0 Å². The second-order valence-corrected chi connectivity index (χ2v) is 8.96. The van der Waals surface area contributed by atoms with E-state index in [1.165, 1.54) is 11.1 Å². The first-order valence-corrected chi connectivity index (χ1v) is 11.8. The topological polar surface area (TPSA) is 95.9 Å². The molecule has 178 valence electrons. The van der Waals surface area contributed by atoms with Crippen LogP contribution in [0.4, 0.5) is 10.5 Å². The number of carbonyl (C=O) groups excluding carboxylic acids is 2. The molecule has 7 nitrogen and oxygen atoms in total. The Labute approximate surface area is 203 Å². The van der Waals surface area contributed by atoms with Gasteiger partial charge in [0.1, 0.15) is 6.61 Å². The second kappa shape index (κ2) is 9.62. The summed E-state index contributed by atoms with van der Waals surface area (Å²) < 4.78 is 5.57. The normalized spacial score (nSPS) is 16.8. The van der Waals surface area contributed by atoms with E-state index in [9.17, 15) is 19.5 Å². The Bertz CT molecular complexity index is 1220. The predicted octanol–water partition coefficient (Wildman–Crippen LogP) is 4.98. The summed E-state index contributed by atoms with van der Waals surface area (Å²) in [5.74, 6) is -1.62. The lowest BCUT2D eigenvalue weighted by Gasteiger charge is -2.30. The molecule has 2 aliphatic rings. The monoisotopic (exact) mass is 470 g/mol. The van der Waals surface area contributed by atoms with Gasteiger partial charge in [-0.15, -0.1) is 0 Å². The third kappa shape index (κ3) is 4.62. The molecule has 0 unspecified atom stereocenters. The zero-order valence-corrected chi connectivity index (χ0v) is 19.1. The number of nitrogens with one attached hydrogen (secondary N) is 1. The maximum absolute atomic E-state index is 12.8. The van der Waals surface area contributed by atoms with Crippen molar-refractivity contribution in [3.05, 3.63) is 89.5 Å². The van der Waals surface area contributed by atoms with E-state index in [0.29, 0.717) is 30.6 Å². The molecule has 3 aromatic carbocycles. The molecule has 1 aliphatic heterocycles. The SMILES string of the molecule is O=C(Nc1ccc(C(=O)N2CCC[C@H](C(=O)O)C2)cc1)OCC1c2ccccc2-c2ccccc21. The number of carbonyl (C=O) groups is 3. The summed E-state index contributed by atoms with van der Waals surface area (Å²) in [6.45, 7) is 0.979. The van der Waals surface area contributed by atoms with Crippen LogP contribution in [0.15, 0.2) is 72.8 Å². The van der Waals surface area contributed by atoms with E-state index in [2.05, 4.69) is 29.6 Å². The third-order valence-corrected chi connectivity index (χ3v) is 6.78. The van der Waals surface area contributed by atoms with Gasteiger partial charge in [0.15, 0.2) is 0 Å². The molecule has 0 spiro atoms. The van der Waals surface area contributed by atoms with Crippen LogP contribution in [0.3, 0.4) is 0 Å². The Balaban J connectivity index is 1.19. The maximum Gasteiger partial charge on any atom is 0.411 e. The molecule has 7 heteroatoms. The first-order chi connectivity index (χ1) is 17.0. The number of likely N-dealkylation sites (tertiary alicyclic amines) is 1. The molecule has 2 amide bonds. The van der Waals surface area contributed by atoms with Crippen molar-refractivity contribution in [3.8, 4) is 11.1 Å². The molecule has 5 rings (SSSR count). The zero-order valence-electron chi connectivity index (χ0n) is 19.1. The molecular weight excluding hydrogens is 444 g/mol. The van der Waals surface area contributed by atoms with Crippen molar-refractivity contribution < 1.29 is 24.2 Å². The van der Waals surface area contributed by atoms with Crippen molar-refractivity contribution in [2.24, 2.45) is 5.92 Å². The number of amides is 2. The second-order valence-electron chi connectivity index (χ2n) is 8.96. The predicted molar refractivity (Wildman–Crippen MR) is 131 cm³/mol. The number of carboxylic acid groups (broad SMARTS) is 1. The van der Waals surface area contributed by atoms with Gasteiger partial charge in [-0.05, 0) is 59.4 Å². The molecule has 1 aliphatic carbocycles. The Morgan fingerprint density at radius 1 is 0.914 bits per heavy atom. The third-order valence-electron chi connectivity index (χ3n) is 6.78. The molecule has 0 radical (unpaired) electrons. The van der Waals surface area contributed by atoms with E-state index in [1.54, 1.807) is 29.2 Å². The summed E-state index contributed by atoms with van der Waals surface area (Å²) in [5, 5.41) is 12.0. The fourth-order valence-electron chi connectivity index (χ4n) is 4.99. The van der Waals surface area contributed by atoms with Crippen molar-refractivity contribution in [2.75, 3.05) is 25.0 Å². The lowest BCUT2D eigenvalue weighted by molar-refractivity contribution is -0.143. The summed E-state index contributed by atoms with van der Waals surface area (Å²) in [6.07, 6.45) is 0.693. The van der Waals surface area contributed by atoms with E-state index >= 15 is 0 Å². The van der Waals surface area contributed by atoms with Crippen molar-refractivity contribution in [1.82, 2.24) is 4.90 Å². The van der Waals surface area contributed by atoms with Gasteiger partial charge in [-0.25, -0.2) is 4.79 Å². The molecule has 0 saturated carbocycles. The van der Waals surface area contributed by atoms with Gasteiger partial charge < -0.3 is 14.7 Å². The van der Waals surface area contributed by atoms with E-state index < -0.39 is 18.0 Å². The number of rotatable bonds is 5. The van der Waals surface area contributed by atoms with Crippen molar-refractivity contribution >= 4 is 23.7 Å². The summed E-state index contributed by atoms with van der Waals surface area (Å²) in [4.78, 5) is 38.1. The van der Waals surface area contributed by atoms with Crippen LogP contribution in [-0.2, 0) is 9.53 Å².